The maximum absolute atomic E-state index is 9.79. The smallest absolute Gasteiger partial charge is 0.122 e. The Balaban J connectivity index is 2.77. The van der Waals surface area contributed by atoms with E-state index in [0.717, 1.165) is 0 Å². The molecule has 4 nitrogen and oxygen atoms in total. The zero-order valence-electron chi connectivity index (χ0n) is 8.73. The largest absolute Gasteiger partial charge is 0.390 e. The van der Waals surface area contributed by atoms with Crippen LogP contribution in [-0.4, -0.2) is 27.5 Å². The molecule has 5 heteroatoms. The molecule has 0 amide bonds. The minimum atomic E-state index is -0.904. The van der Waals surface area contributed by atoms with Crippen LogP contribution in [0.2, 0.25) is 0 Å². The molecule has 5 N–H and O–H groups in total. The van der Waals surface area contributed by atoms with Crippen molar-refractivity contribution in [3.05, 3.63) is 35.4 Å². The molecule has 1 aromatic rings. The standard InChI is InChI=1S/C11H15BrN2O2/c12-6-5-9(15)10(16)7-1-3-8(4-2-7)11(13)14/h1-4,9-10,15-16H,5-6H2,(H3,13,14). The second-order valence-corrected chi connectivity index (χ2v) is 4.32. The van der Waals surface area contributed by atoms with Crippen molar-refractivity contribution in [2.45, 2.75) is 18.6 Å². The monoisotopic (exact) mass is 286 g/mol. The summed E-state index contributed by atoms with van der Waals surface area (Å²) in [4.78, 5) is 0. The maximum Gasteiger partial charge on any atom is 0.122 e. The molecule has 1 rings (SSSR count). The van der Waals surface area contributed by atoms with Crippen LogP contribution in [0.1, 0.15) is 23.7 Å². The highest BCUT2D eigenvalue weighted by atomic mass is 79.9. The quantitative estimate of drug-likeness (QED) is 0.372. The molecule has 1 aromatic carbocycles. The van der Waals surface area contributed by atoms with Crippen LogP contribution in [0.15, 0.2) is 24.3 Å². The number of nitrogen functional groups attached to an aromatic ring is 1. The minimum Gasteiger partial charge on any atom is -0.390 e. The molecule has 0 radical (unpaired) electrons. The summed E-state index contributed by atoms with van der Waals surface area (Å²) in [5, 5.41) is 27.3. The molecular formula is C11H15BrN2O2. The SMILES string of the molecule is N=C(N)c1ccc(C(O)C(O)CCBr)cc1. The molecule has 0 saturated carbocycles. The Hall–Kier alpha value is -0.910. The van der Waals surface area contributed by atoms with Crippen LogP contribution in [-0.2, 0) is 0 Å². The van der Waals surface area contributed by atoms with E-state index >= 15 is 0 Å². The zero-order valence-corrected chi connectivity index (χ0v) is 10.3. The number of alkyl halides is 1. The third-order valence-electron chi connectivity index (χ3n) is 2.33. The fourth-order valence-electron chi connectivity index (χ4n) is 1.35. The van der Waals surface area contributed by atoms with Crippen molar-refractivity contribution in [2.75, 3.05) is 5.33 Å². The Morgan fingerprint density at radius 1 is 1.31 bits per heavy atom. The van der Waals surface area contributed by atoms with Gasteiger partial charge in [0.15, 0.2) is 0 Å². The van der Waals surface area contributed by atoms with E-state index in [0.29, 0.717) is 22.9 Å². The van der Waals surface area contributed by atoms with Gasteiger partial charge in [-0.2, -0.15) is 0 Å². The van der Waals surface area contributed by atoms with E-state index in [2.05, 4.69) is 15.9 Å². The van der Waals surface area contributed by atoms with Gasteiger partial charge in [-0.05, 0) is 12.0 Å². The average Bonchev–Trinajstić information content (AvgIpc) is 2.28. The highest BCUT2D eigenvalue weighted by molar-refractivity contribution is 9.09. The lowest BCUT2D eigenvalue weighted by molar-refractivity contribution is 0.0173. The molecule has 0 bridgehead atoms. The predicted octanol–water partition coefficient (Wildman–Crippen LogP) is 1.15. The Morgan fingerprint density at radius 3 is 2.31 bits per heavy atom. The minimum absolute atomic E-state index is 0.0120. The number of aliphatic hydroxyl groups excluding tert-OH is 2. The Kier molecular flexibility index (Phi) is 4.92. The molecule has 0 aromatic heterocycles. The number of nitrogens with one attached hydrogen (secondary N) is 1. The molecule has 0 saturated heterocycles. The zero-order chi connectivity index (χ0) is 12.1. The molecule has 88 valence electrons. The summed E-state index contributed by atoms with van der Waals surface area (Å²) in [5.74, 6) is -0.0120. The first-order valence-electron chi connectivity index (χ1n) is 4.92. The maximum atomic E-state index is 9.79. The molecule has 0 heterocycles. The van der Waals surface area contributed by atoms with Gasteiger partial charge in [0.25, 0.3) is 0 Å². The topological polar surface area (TPSA) is 90.3 Å². The average molecular weight is 287 g/mol. The molecule has 0 aliphatic carbocycles. The van der Waals surface area contributed by atoms with E-state index in [1.807, 2.05) is 0 Å². The van der Waals surface area contributed by atoms with E-state index in [4.69, 9.17) is 11.1 Å². The molecule has 0 fully saturated rings. The van der Waals surface area contributed by atoms with Gasteiger partial charge < -0.3 is 15.9 Å². The van der Waals surface area contributed by atoms with Crippen molar-refractivity contribution >= 4 is 21.8 Å². The lowest BCUT2D eigenvalue weighted by Gasteiger charge is -2.17. The first-order valence-corrected chi connectivity index (χ1v) is 6.05. The Morgan fingerprint density at radius 2 is 1.88 bits per heavy atom. The summed E-state index contributed by atoms with van der Waals surface area (Å²) in [6.45, 7) is 0. The number of nitrogens with two attached hydrogens (primary N) is 1. The normalized spacial score (nSPS) is 14.4. The summed E-state index contributed by atoms with van der Waals surface area (Å²) < 4.78 is 0. The molecule has 2 atom stereocenters. The highest BCUT2D eigenvalue weighted by Gasteiger charge is 2.17. The predicted molar refractivity (Wildman–Crippen MR) is 66.8 cm³/mol. The number of hydrogen-bond acceptors (Lipinski definition) is 3. The lowest BCUT2D eigenvalue weighted by atomic mass is 10.0. The van der Waals surface area contributed by atoms with Crippen molar-refractivity contribution in [3.8, 4) is 0 Å². The number of amidine groups is 1. The van der Waals surface area contributed by atoms with Crippen LogP contribution in [0.25, 0.3) is 0 Å². The van der Waals surface area contributed by atoms with Crippen molar-refractivity contribution in [2.24, 2.45) is 5.73 Å². The third-order valence-corrected chi connectivity index (χ3v) is 2.79. The number of halogens is 1. The van der Waals surface area contributed by atoms with Crippen LogP contribution >= 0.6 is 15.9 Å². The summed E-state index contributed by atoms with van der Waals surface area (Å²) in [5.41, 5.74) is 6.54. The first kappa shape index (κ1) is 13.2. The Bertz CT molecular complexity index is 354. The van der Waals surface area contributed by atoms with Crippen LogP contribution in [0.3, 0.4) is 0 Å². The molecular weight excluding hydrogens is 272 g/mol. The van der Waals surface area contributed by atoms with E-state index < -0.39 is 12.2 Å². The van der Waals surface area contributed by atoms with Gasteiger partial charge in [-0.15, -0.1) is 0 Å². The van der Waals surface area contributed by atoms with E-state index in [1.54, 1.807) is 24.3 Å². The molecule has 16 heavy (non-hydrogen) atoms. The van der Waals surface area contributed by atoms with Gasteiger partial charge in [0.05, 0.1) is 6.10 Å². The number of hydrogen-bond donors (Lipinski definition) is 4. The van der Waals surface area contributed by atoms with Gasteiger partial charge in [-0.3, -0.25) is 5.41 Å². The Labute approximate surface area is 103 Å². The van der Waals surface area contributed by atoms with Crippen molar-refractivity contribution < 1.29 is 10.2 Å². The van der Waals surface area contributed by atoms with Gasteiger partial charge >= 0.3 is 0 Å². The van der Waals surface area contributed by atoms with E-state index in [1.165, 1.54) is 0 Å². The summed E-state index contributed by atoms with van der Waals surface area (Å²) in [6.07, 6.45) is -1.21. The van der Waals surface area contributed by atoms with Crippen LogP contribution < -0.4 is 5.73 Å². The van der Waals surface area contributed by atoms with Crippen LogP contribution in [0.5, 0.6) is 0 Å². The van der Waals surface area contributed by atoms with Gasteiger partial charge in [0.1, 0.15) is 11.9 Å². The van der Waals surface area contributed by atoms with Gasteiger partial charge in [0.2, 0.25) is 0 Å². The summed E-state index contributed by atoms with van der Waals surface area (Å²) >= 11 is 3.21. The van der Waals surface area contributed by atoms with Gasteiger partial charge in [0, 0.05) is 10.9 Å². The van der Waals surface area contributed by atoms with Crippen molar-refractivity contribution in [3.63, 3.8) is 0 Å². The van der Waals surface area contributed by atoms with Crippen molar-refractivity contribution in [1.82, 2.24) is 0 Å². The van der Waals surface area contributed by atoms with Gasteiger partial charge in [-0.1, -0.05) is 40.2 Å². The highest BCUT2D eigenvalue weighted by Crippen LogP contribution is 2.19. The van der Waals surface area contributed by atoms with Crippen molar-refractivity contribution in [1.29, 1.82) is 5.41 Å². The fourth-order valence-corrected chi connectivity index (χ4v) is 1.82. The second kappa shape index (κ2) is 5.98. The number of aliphatic hydroxyl groups is 2. The summed E-state index contributed by atoms with van der Waals surface area (Å²) in [7, 11) is 0. The molecule has 0 aliphatic heterocycles. The van der Waals surface area contributed by atoms with Crippen LogP contribution in [0.4, 0.5) is 0 Å². The molecule has 2 unspecified atom stereocenters. The van der Waals surface area contributed by atoms with Gasteiger partial charge in [-0.25, -0.2) is 0 Å². The van der Waals surface area contributed by atoms with E-state index in [-0.39, 0.29) is 5.84 Å². The fraction of sp³-hybridized carbons (Fsp3) is 0.364. The third kappa shape index (κ3) is 3.30. The number of benzene rings is 1. The van der Waals surface area contributed by atoms with Crippen LogP contribution in [0, 0.1) is 5.41 Å². The summed E-state index contributed by atoms with van der Waals surface area (Å²) in [6, 6.07) is 6.64. The molecule has 0 spiro atoms. The number of rotatable bonds is 5. The van der Waals surface area contributed by atoms with E-state index in [9.17, 15) is 10.2 Å². The first-order chi connectivity index (χ1) is 7.56. The second-order valence-electron chi connectivity index (χ2n) is 3.53. The molecule has 0 aliphatic rings. The lowest BCUT2D eigenvalue weighted by Crippen LogP contribution is -2.19.